The highest BCUT2D eigenvalue weighted by Crippen LogP contribution is 2.49. The summed E-state index contributed by atoms with van der Waals surface area (Å²) in [6.07, 6.45) is 12.2. The first-order valence-corrected chi connectivity index (χ1v) is 10.1. The summed E-state index contributed by atoms with van der Waals surface area (Å²) in [5, 5.41) is 0. The van der Waals surface area contributed by atoms with Gasteiger partial charge in [0.05, 0.1) is 22.5 Å². The Morgan fingerprint density at radius 3 is 2.09 bits per heavy atom. The van der Waals surface area contributed by atoms with Crippen molar-refractivity contribution < 1.29 is 19.1 Å². The monoisotopic (exact) mass is 422 g/mol. The summed E-state index contributed by atoms with van der Waals surface area (Å²) in [4.78, 5) is 26.6. The highest BCUT2D eigenvalue weighted by Gasteiger charge is 2.37. The van der Waals surface area contributed by atoms with Gasteiger partial charge in [-0.3, -0.25) is 9.59 Å². The second-order valence-electron chi connectivity index (χ2n) is 7.40. The first-order valence-electron chi connectivity index (χ1n) is 10.1. The molecule has 0 saturated carbocycles. The zero-order valence-electron chi connectivity index (χ0n) is 17.0. The van der Waals surface area contributed by atoms with Crippen molar-refractivity contribution in [3.8, 4) is 11.5 Å². The molecule has 3 aliphatic rings. The number of ether oxygens (including phenoxy) is 2. The van der Waals surface area contributed by atoms with E-state index in [-0.39, 0.29) is 56.7 Å². The summed E-state index contributed by atoms with van der Waals surface area (Å²) in [5.41, 5.74) is 19.1. The molecular weight excluding hydrogens is 404 g/mol. The van der Waals surface area contributed by atoms with Gasteiger partial charge in [0.1, 0.15) is 5.76 Å². The van der Waals surface area contributed by atoms with E-state index >= 15 is 0 Å². The largest absolute Gasteiger partial charge is 0.455 e. The van der Waals surface area contributed by atoms with Crippen molar-refractivity contribution in [2.75, 3.05) is 11.5 Å². The Morgan fingerprint density at radius 1 is 0.875 bits per heavy atom. The molecule has 0 aromatic heterocycles. The average molecular weight is 422 g/mol. The van der Waals surface area contributed by atoms with Crippen LogP contribution in [-0.2, 0) is 0 Å². The van der Waals surface area contributed by atoms with Gasteiger partial charge in [-0.2, -0.15) is 0 Å². The van der Waals surface area contributed by atoms with Gasteiger partial charge in [0, 0.05) is 17.5 Å². The van der Waals surface area contributed by atoms with Gasteiger partial charge in [-0.1, -0.05) is 42.1 Å². The molecule has 0 aliphatic heterocycles. The van der Waals surface area contributed by atoms with E-state index < -0.39 is 0 Å². The van der Waals surface area contributed by atoms with Crippen molar-refractivity contribution in [3.05, 3.63) is 106 Å². The van der Waals surface area contributed by atoms with E-state index in [1.54, 1.807) is 42.5 Å². The smallest absolute Gasteiger partial charge is 0.196 e. The Labute approximate surface area is 184 Å². The number of hydrogen-bond donors (Lipinski definition) is 2. The van der Waals surface area contributed by atoms with Crippen molar-refractivity contribution in [1.82, 2.24) is 0 Å². The molecule has 0 heterocycles. The van der Waals surface area contributed by atoms with Crippen LogP contribution in [0.5, 0.6) is 11.5 Å². The van der Waals surface area contributed by atoms with E-state index in [0.29, 0.717) is 17.9 Å². The normalized spacial score (nSPS) is 15.8. The molecule has 6 heteroatoms. The Morgan fingerprint density at radius 2 is 1.53 bits per heavy atom. The quantitative estimate of drug-likeness (QED) is 0.478. The van der Waals surface area contributed by atoms with Gasteiger partial charge in [-0.05, 0) is 36.5 Å². The van der Waals surface area contributed by atoms with E-state index in [1.165, 1.54) is 0 Å². The third-order valence-electron chi connectivity index (χ3n) is 5.40. The predicted molar refractivity (Wildman–Crippen MR) is 121 cm³/mol. The van der Waals surface area contributed by atoms with Gasteiger partial charge in [0.2, 0.25) is 0 Å². The first-order chi connectivity index (χ1) is 15.6. The maximum absolute atomic E-state index is 13.3. The molecule has 4 N–H and O–H groups in total. The van der Waals surface area contributed by atoms with E-state index in [0.717, 1.165) is 6.42 Å². The molecule has 5 rings (SSSR count). The Hall–Kier alpha value is -4.50. The summed E-state index contributed by atoms with van der Waals surface area (Å²) >= 11 is 0. The molecule has 0 spiro atoms. The van der Waals surface area contributed by atoms with Crippen LogP contribution in [0.25, 0.3) is 0 Å². The molecular formula is C26H18N2O4. The fourth-order valence-electron chi connectivity index (χ4n) is 3.87. The number of benzene rings is 2. The minimum Gasteiger partial charge on any atom is -0.455 e. The maximum Gasteiger partial charge on any atom is 0.196 e. The molecule has 0 bridgehead atoms. The zero-order valence-corrected chi connectivity index (χ0v) is 17.0. The summed E-state index contributed by atoms with van der Waals surface area (Å²) in [7, 11) is 0. The Bertz CT molecular complexity index is 1400. The van der Waals surface area contributed by atoms with E-state index in [1.807, 2.05) is 18.2 Å². The molecule has 2 aromatic rings. The van der Waals surface area contributed by atoms with Gasteiger partial charge in [0.25, 0.3) is 0 Å². The van der Waals surface area contributed by atoms with Crippen LogP contribution < -0.4 is 20.9 Å². The standard InChI is InChI=1S/C26H18N2O4/c27-21-19-20(24(30)18-14-8-7-13-17(18)23(19)29)22(28)26(32-16-11-5-2-6-12-16)25(21)31-15-9-3-1-4-10-15/h1-3,5,7-9,11,13-14H,4,10,27-28H2. The lowest BCUT2D eigenvalue weighted by Gasteiger charge is -2.25. The van der Waals surface area contributed by atoms with Crippen LogP contribution in [-0.4, -0.2) is 11.6 Å². The van der Waals surface area contributed by atoms with Crippen molar-refractivity contribution in [3.63, 3.8) is 0 Å². The van der Waals surface area contributed by atoms with Gasteiger partial charge in [0.15, 0.2) is 28.8 Å². The number of allylic oxidation sites excluding steroid dienone is 7. The first kappa shape index (κ1) is 19.5. The van der Waals surface area contributed by atoms with Crippen LogP contribution in [0, 0.1) is 0 Å². The van der Waals surface area contributed by atoms with Crippen LogP contribution in [0.3, 0.4) is 0 Å². The van der Waals surface area contributed by atoms with Crippen molar-refractivity contribution in [2.24, 2.45) is 0 Å². The average Bonchev–Trinajstić information content (AvgIpc) is 2.83. The van der Waals surface area contributed by atoms with Crippen molar-refractivity contribution >= 4 is 22.9 Å². The number of carbonyl (C=O) groups excluding carboxylic acids is 2. The molecule has 0 saturated heterocycles. The molecule has 0 fully saturated rings. The third-order valence-corrected chi connectivity index (χ3v) is 5.40. The Balaban J connectivity index is 1.75. The topological polar surface area (TPSA) is 105 Å². The number of fused-ring (bicyclic) bond motifs is 2. The number of anilines is 2. The van der Waals surface area contributed by atoms with Crippen LogP contribution in [0.4, 0.5) is 11.4 Å². The van der Waals surface area contributed by atoms with Gasteiger partial charge < -0.3 is 20.9 Å². The number of carbonyl (C=O) groups is 2. The van der Waals surface area contributed by atoms with Crippen LogP contribution in [0.1, 0.15) is 44.7 Å². The maximum atomic E-state index is 13.3. The summed E-state index contributed by atoms with van der Waals surface area (Å²) in [6, 6.07) is 6.59. The minimum absolute atomic E-state index is 0.00687. The van der Waals surface area contributed by atoms with E-state index in [9.17, 15) is 9.59 Å². The molecule has 0 amide bonds. The Kier molecular flexibility index (Phi) is 4.65. The SMILES string of the molecule is Nc1c(OC2=C=C=CC=C2)c(OC2=CC=CCC2)c(N)c2c1C(=O)c1ccccc1C2=O. The second kappa shape index (κ2) is 7.64. The van der Waals surface area contributed by atoms with Crippen molar-refractivity contribution in [1.29, 1.82) is 0 Å². The molecule has 32 heavy (non-hydrogen) atoms. The summed E-state index contributed by atoms with van der Waals surface area (Å²) < 4.78 is 12.1. The van der Waals surface area contributed by atoms with Crippen LogP contribution in [0.15, 0.2) is 83.7 Å². The van der Waals surface area contributed by atoms with E-state index in [2.05, 4.69) is 11.5 Å². The molecule has 0 radical (unpaired) electrons. The number of nitrogen functional groups attached to an aromatic ring is 2. The molecule has 156 valence electrons. The number of ketones is 2. The highest BCUT2D eigenvalue weighted by atomic mass is 16.5. The summed E-state index contributed by atoms with van der Waals surface area (Å²) in [6.45, 7) is 0. The zero-order chi connectivity index (χ0) is 22.2. The van der Waals surface area contributed by atoms with Gasteiger partial charge in [-0.15, -0.1) is 0 Å². The number of rotatable bonds is 4. The highest BCUT2D eigenvalue weighted by molar-refractivity contribution is 6.32. The lowest BCUT2D eigenvalue weighted by atomic mass is 9.82. The van der Waals surface area contributed by atoms with Crippen molar-refractivity contribution in [2.45, 2.75) is 12.8 Å². The molecule has 0 atom stereocenters. The molecule has 3 aliphatic carbocycles. The van der Waals surface area contributed by atoms with E-state index in [4.69, 9.17) is 20.9 Å². The van der Waals surface area contributed by atoms with Crippen LogP contribution in [0.2, 0.25) is 0 Å². The number of hydrogen-bond acceptors (Lipinski definition) is 6. The molecule has 0 unspecified atom stereocenters. The molecule has 6 nitrogen and oxygen atoms in total. The third kappa shape index (κ3) is 3.08. The predicted octanol–water partition coefficient (Wildman–Crippen LogP) is 4.38. The van der Waals surface area contributed by atoms with Crippen LogP contribution >= 0.6 is 0 Å². The lowest BCUT2D eigenvalue weighted by molar-refractivity contribution is 0.0980. The molecule has 2 aromatic carbocycles. The fourth-order valence-corrected chi connectivity index (χ4v) is 3.87. The summed E-state index contributed by atoms with van der Waals surface area (Å²) in [5.74, 6) is 0.346. The lowest BCUT2D eigenvalue weighted by Crippen LogP contribution is -2.25. The fraction of sp³-hybridized carbons (Fsp3) is 0.0769. The van der Waals surface area contributed by atoms with Gasteiger partial charge >= 0.3 is 0 Å². The second-order valence-corrected chi connectivity index (χ2v) is 7.40. The minimum atomic E-state index is -0.390. The number of nitrogens with two attached hydrogens (primary N) is 2. The van der Waals surface area contributed by atoms with Gasteiger partial charge in [-0.25, -0.2) is 0 Å².